The minimum absolute atomic E-state index is 0. The highest BCUT2D eigenvalue weighted by atomic mass is 79.9. The van der Waals surface area contributed by atoms with Gasteiger partial charge in [-0.1, -0.05) is 189 Å². The second kappa shape index (κ2) is 35.9. The van der Waals surface area contributed by atoms with Crippen molar-refractivity contribution in [3.63, 3.8) is 0 Å². The lowest BCUT2D eigenvalue weighted by atomic mass is 9.34. The maximum absolute atomic E-state index is 6.93. The molecule has 2 radical (unpaired) electrons. The minimum Gasteiger partial charge on any atom is -0.458 e. The van der Waals surface area contributed by atoms with Crippen LogP contribution in [0.2, 0.25) is 0 Å². The summed E-state index contributed by atoms with van der Waals surface area (Å²) in [4.78, 5) is 0. The van der Waals surface area contributed by atoms with Crippen molar-refractivity contribution in [2.24, 2.45) is 0 Å². The number of rotatable bonds is 13. The van der Waals surface area contributed by atoms with Gasteiger partial charge in [-0.25, -0.2) is 0 Å². The molecule has 0 fully saturated rings. The highest BCUT2D eigenvalue weighted by Crippen LogP contribution is 2.48. The number of aliphatic hydroxyl groups is 1. The van der Waals surface area contributed by atoms with E-state index in [0.717, 1.165) is 200 Å². The molecule has 6 aliphatic rings. The first kappa shape index (κ1) is 83.3. The summed E-state index contributed by atoms with van der Waals surface area (Å²) in [6.07, 6.45) is 0. The Morgan fingerprint density at radius 2 is 0.424 bits per heavy atom. The van der Waals surface area contributed by atoms with Crippen LogP contribution < -0.4 is 106 Å². The average molecular weight is 1930 g/mol. The zero-order chi connectivity index (χ0) is 87.7. The van der Waals surface area contributed by atoms with Crippen LogP contribution in [0.5, 0.6) is 138 Å². The Morgan fingerprint density at radius 1 is 0.227 bits per heavy atom. The molecule has 13 nitrogen and oxygen atoms in total. The van der Waals surface area contributed by atoms with Crippen LogP contribution in [0.3, 0.4) is 0 Å². The van der Waals surface area contributed by atoms with E-state index < -0.39 is 0 Å². The molecule has 0 saturated carbocycles. The van der Waals surface area contributed by atoms with Crippen molar-refractivity contribution in [2.45, 2.75) is 7.43 Å². The summed E-state index contributed by atoms with van der Waals surface area (Å²) in [5.74, 6) is 18.4. The SMILES string of the molecule is BrB(Br)Br.C.P.[2H]OC[B].c1ccc(Oc2cccc(Oc3ccc4c(c3)c3ccc(Oc5cccc(Oc6ccccc6)c5)cc3c3ccc(Oc5cccc(Oc6ccccc6)c5)cc43)c2)cc1.c1ccc2c(c1)Oc1cccc3c1B2c1cc2c(cc1O3)c1cc3c(cc1c1cc4c(cc21)Oc1cccc2c1B4c1ccccc1O2)Oc1cccc2c1B3c1ccccc1O2. The van der Waals surface area contributed by atoms with Crippen LogP contribution in [0.1, 0.15) is 7.43 Å². The van der Waals surface area contributed by atoms with E-state index in [9.17, 15) is 0 Å². The van der Waals surface area contributed by atoms with Gasteiger partial charge in [-0.15, -0.1) is 47.3 Å². The second-order valence-electron chi connectivity index (χ2n) is 31.8. The molecule has 1 N–H and O–H groups in total. The fourth-order valence-corrected chi connectivity index (χ4v) is 18.8. The zero-order valence-electron chi connectivity index (χ0n) is 70.6. The lowest BCUT2D eigenvalue weighted by Gasteiger charge is -2.34. The minimum atomic E-state index is -0.0800. The Morgan fingerprint density at radius 3 is 0.689 bits per heavy atom. The van der Waals surface area contributed by atoms with Crippen molar-refractivity contribution >= 4 is 202 Å². The maximum Gasteiger partial charge on any atom is 0.369 e. The number of para-hydroxylation sites is 6. The van der Waals surface area contributed by atoms with Gasteiger partial charge in [-0.05, 0) is 279 Å². The Hall–Kier alpha value is -14.3. The smallest absolute Gasteiger partial charge is 0.369 e. The number of ether oxygens (including phenoxy) is 12. The van der Waals surface area contributed by atoms with Gasteiger partial charge in [0.05, 0.1) is 0 Å². The van der Waals surface area contributed by atoms with Crippen LogP contribution in [0.15, 0.2) is 382 Å². The highest BCUT2D eigenvalue weighted by Gasteiger charge is 2.45. The first-order valence-corrected chi connectivity index (χ1v) is 45.2. The van der Waals surface area contributed by atoms with Gasteiger partial charge in [-0.3, -0.25) is 0 Å². The summed E-state index contributed by atoms with van der Waals surface area (Å²) >= 11 is 9.31. The molecular weight excluding hydrogens is 1850 g/mol. The van der Waals surface area contributed by atoms with Gasteiger partial charge in [0, 0.05) is 41.1 Å². The first-order valence-electron chi connectivity index (χ1n) is 42.8. The predicted octanol–water partition coefficient (Wildman–Crippen LogP) is 25.2. The van der Waals surface area contributed by atoms with Gasteiger partial charge in [0.2, 0.25) is 1.43 Å². The van der Waals surface area contributed by atoms with Crippen LogP contribution in [0.25, 0.3) is 64.6 Å². The predicted molar refractivity (Wildman–Crippen MR) is 553 cm³/mol. The topological polar surface area (TPSA) is 131 Å². The molecule has 632 valence electrons. The van der Waals surface area contributed by atoms with Crippen molar-refractivity contribution in [1.82, 2.24) is 0 Å². The third-order valence-corrected chi connectivity index (χ3v) is 24.1. The Balaban J connectivity index is 0.000000146. The number of benzene rings is 20. The summed E-state index contributed by atoms with van der Waals surface area (Å²) in [5.41, 5.74) is 9.83. The van der Waals surface area contributed by atoms with Gasteiger partial charge < -0.3 is 62.0 Å². The molecule has 0 bridgehead atoms. The van der Waals surface area contributed by atoms with Crippen molar-refractivity contribution in [3.8, 4) is 138 Å². The molecular formula is C110H73B5Br3O13P. The lowest BCUT2D eigenvalue weighted by molar-refractivity contribution is 0.369. The van der Waals surface area contributed by atoms with Gasteiger partial charge in [0.25, 0.3) is 20.1 Å². The number of hydrogen-bond acceptors (Lipinski definition) is 13. The summed E-state index contributed by atoms with van der Waals surface area (Å²) < 4.78 is 84.2. The van der Waals surface area contributed by atoms with Gasteiger partial charge in [-0.2, -0.15) is 9.90 Å². The molecule has 0 aliphatic carbocycles. The first-order chi connectivity index (χ1) is 64.5. The quantitative estimate of drug-likeness (QED) is 0.0668. The molecule has 0 amide bonds. The van der Waals surface area contributed by atoms with Crippen LogP contribution in [0, 0.1) is 0 Å². The number of hydrogen-bond donors (Lipinski definition) is 1. The molecule has 22 heteroatoms. The van der Waals surface area contributed by atoms with E-state index in [-0.39, 0.29) is 47.2 Å². The zero-order valence-corrected chi connectivity index (χ0v) is 75.8. The van der Waals surface area contributed by atoms with Crippen LogP contribution >= 0.6 is 57.2 Å². The molecule has 0 saturated heterocycles. The number of halogens is 3. The third-order valence-electron chi connectivity index (χ3n) is 24.1. The molecule has 20 aromatic rings. The van der Waals surface area contributed by atoms with Crippen molar-refractivity contribution in [3.05, 3.63) is 382 Å². The van der Waals surface area contributed by atoms with Crippen LogP contribution in [0.4, 0.5) is 0 Å². The number of fused-ring (bicyclic) bond motifs is 24. The standard InChI is InChI=1S/C54H27B3O6.C54H36O6.CH3BO.CH4.BBr3.H3P/c1-4-13-40-34(10-1)55-37-22-28-31(25-49(37)61-46-19-7-16-43(58-40)52(46)55)29-23-38-51(63-48-21-9-18-45-54(48)56(38)35-11-2-5-14-41(35)59-45)27-33(29)30-24-39-50(26-32(28)30)62-47-20-8-17-44-53(47)57(39)36-12-3-6-15-42(36)60-44;1-4-13-37(14-5-1)55-40-19-10-22-43(31-40)58-46-25-28-49-52(34-46)50-29-26-47(59-44-23-11-20-41(32-44)56-38-15-6-2-7-16-38)36-54(50)51-30-27-48(35-53(49)51)60-45-24-12-21-42(33-45)57-39-17-8-3-9-18-39;2-1-3;;2-1(3)4;/h1-27H;1-36H;3H,1H2;1H4;;1H3/i;;3D;;;. The molecule has 6 heterocycles. The fraction of sp³-hybridized carbons (Fsp3) is 0.0182. The molecule has 1 unspecified atom stereocenters. The van der Waals surface area contributed by atoms with Gasteiger partial charge in [0.1, 0.15) is 146 Å². The van der Waals surface area contributed by atoms with E-state index in [1.165, 1.54) is 0 Å². The van der Waals surface area contributed by atoms with E-state index in [1.54, 1.807) is 0 Å². The molecule has 6 aliphatic heterocycles. The highest BCUT2D eigenvalue weighted by molar-refractivity contribution is 9.69. The van der Waals surface area contributed by atoms with E-state index in [2.05, 4.69) is 206 Å². The summed E-state index contributed by atoms with van der Waals surface area (Å²) in [6, 6.07) is 128. The average Bonchev–Trinajstić information content (AvgIpc) is 0.694. The monoisotopic (exact) mass is 1930 g/mol. The molecule has 20 aromatic carbocycles. The molecule has 0 spiro atoms. The van der Waals surface area contributed by atoms with Crippen LogP contribution in [-0.4, -0.2) is 44.2 Å². The Kier molecular flexibility index (Phi) is 22.6. The Labute approximate surface area is 793 Å². The molecule has 26 rings (SSSR count). The van der Waals surface area contributed by atoms with Crippen molar-refractivity contribution in [1.29, 1.82) is 1.43 Å². The van der Waals surface area contributed by atoms with Gasteiger partial charge in [0.15, 0.2) is 0 Å². The molecule has 1 atom stereocenters. The summed E-state index contributed by atoms with van der Waals surface area (Å²) in [5, 5.41) is 16.4. The van der Waals surface area contributed by atoms with Gasteiger partial charge >= 0.3 is 3.18 Å². The third kappa shape index (κ3) is 15.9. The van der Waals surface area contributed by atoms with E-state index in [4.69, 9.17) is 58.3 Å². The van der Waals surface area contributed by atoms with Crippen molar-refractivity contribution in [2.75, 3.05) is 6.51 Å². The fourth-order valence-electron chi connectivity index (χ4n) is 18.8. The van der Waals surface area contributed by atoms with Crippen LogP contribution in [-0.2, 0) is 0 Å². The van der Waals surface area contributed by atoms with E-state index in [0.29, 0.717) is 51.7 Å². The maximum atomic E-state index is 6.93. The lowest BCUT2D eigenvalue weighted by Crippen LogP contribution is -2.57. The largest absolute Gasteiger partial charge is 0.458 e. The van der Waals surface area contributed by atoms with E-state index in [1.807, 2.05) is 237 Å². The van der Waals surface area contributed by atoms with Crippen molar-refractivity contribution < 1.29 is 62.0 Å². The normalized spacial score (nSPS) is 12.3. The molecule has 132 heavy (non-hydrogen) atoms. The van der Waals surface area contributed by atoms with E-state index >= 15 is 0 Å². The second-order valence-corrected chi connectivity index (χ2v) is 38.3. The summed E-state index contributed by atoms with van der Waals surface area (Å²) in [6.45, 7) is -0.254. The molecule has 0 aromatic heterocycles. The Bertz CT molecular complexity index is 7180. The summed E-state index contributed by atoms with van der Waals surface area (Å²) in [7, 11) is 4.62. The number of aliphatic hydroxyl groups excluding tert-OH is 1.